The van der Waals surface area contributed by atoms with E-state index >= 15 is 0 Å². The number of halogens is 2. The summed E-state index contributed by atoms with van der Waals surface area (Å²) in [6, 6.07) is 13.1. The number of hydrogen-bond acceptors (Lipinski definition) is 3. The Kier molecular flexibility index (Phi) is 4.05. The molecule has 3 aromatic rings. The SMILES string of the molecule is COc1ccccc1-c1nnc(-c2cccc(Cl)c2Cl)n1C. The molecular weight excluding hydrogens is 321 g/mol. The zero-order chi connectivity index (χ0) is 15.7. The van der Waals surface area contributed by atoms with E-state index in [1.54, 1.807) is 13.2 Å². The highest BCUT2D eigenvalue weighted by Gasteiger charge is 2.18. The van der Waals surface area contributed by atoms with Gasteiger partial charge in [0.05, 0.1) is 22.7 Å². The number of benzene rings is 2. The molecule has 1 heterocycles. The minimum atomic E-state index is 0.464. The van der Waals surface area contributed by atoms with E-state index in [1.165, 1.54) is 0 Å². The first-order chi connectivity index (χ1) is 10.6. The van der Waals surface area contributed by atoms with Crippen LogP contribution in [0.3, 0.4) is 0 Å². The van der Waals surface area contributed by atoms with Crippen molar-refractivity contribution in [1.82, 2.24) is 14.8 Å². The number of methoxy groups -OCH3 is 1. The van der Waals surface area contributed by atoms with Crippen molar-refractivity contribution in [2.75, 3.05) is 7.11 Å². The lowest BCUT2D eigenvalue weighted by atomic mass is 10.1. The summed E-state index contributed by atoms with van der Waals surface area (Å²) < 4.78 is 7.25. The van der Waals surface area contributed by atoms with Crippen LogP contribution in [0.5, 0.6) is 5.75 Å². The zero-order valence-corrected chi connectivity index (χ0v) is 13.6. The fraction of sp³-hybridized carbons (Fsp3) is 0.125. The minimum absolute atomic E-state index is 0.464. The Morgan fingerprint density at radius 1 is 0.909 bits per heavy atom. The minimum Gasteiger partial charge on any atom is -0.496 e. The van der Waals surface area contributed by atoms with E-state index in [0.717, 1.165) is 16.9 Å². The summed E-state index contributed by atoms with van der Waals surface area (Å²) in [7, 11) is 3.51. The van der Waals surface area contributed by atoms with Crippen LogP contribution < -0.4 is 4.74 Å². The predicted octanol–water partition coefficient (Wildman–Crippen LogP) is 4.46. The van der Waals surface area contributed by atoms with Crippen LogP contribution in [0.4, 0.5) is 0 Å². The lowest BCUT2D eigenvalue weighted by Crippen LogP contribution is -1.98. The van der Waals surface area contributed by atoms with E-state index in [0.29, 0.717) is 21.7 Å². The van der Waals surface area contributed by atoms with Crippen LogP contribution in [0.25, 0.3) is 22.8 Å². The third-order valence-electron chi connectivity index (χ3n) is 3.42. The average Bonchev–Trinajstić information content (AvgIpc) is 2.91. The van der Waals surface area contributed by atoms with Gasteiger partial charge in [0.1, 0.15) is 5.75 Å². The Bertz CT molecular complexity index is 830. The first-order valence-corrected chi connectivity index (χ1v) is 7.36. The van der Waals surface area contributed by atoms with Gasteiger partial charge in [-0.3, -0.25) is 0 Å². The fourth-order valence-electron chi connectivity index (χ4n) is 2.30. The van der Waals surface area contributed by atoms with Crippen LogP contribution in [0.15, 0.2) is 42.5 Å². The van der Waals surface area contributed by atoms with E-state index in [9.17, 15) is 0 Å². The molecule has 0 unspecified atom stereocenters. The van der Waals surface area contributed by atoms with E-state index in [4.69, 9.17) is 27.9 Å². The van der Waals surface area contributed by atoms with Gasteiger partial charge in [-0.15, -0.1) is 10.2 Å². The molecule has 0 spiro atoms. The molecule has 0 radical (unpaired) electrons. The number of hydrogen-bond donors (Lipinski definition) is 0. The summed E-state index contributed by atoms with van der Waals surface area (Å²) in [5, 5.41) is 9.48. The highest BCUT2D eigenvalue weighted by Crippen LogP contribution is 2.35. The zero-order valence-electron chi connectivity index (χ0n) is 12.0. The smallest absolute Gasteiger partial charge is 0.167 e. The van der Waals surface area contributed by atoms with E-state index in [-0.39, 0.29) is 0 Å². The molecule has 1 aromatic heterocycles. The molecule has 0 N–H and O–H groups in total. The van der Waals surface area contributed by atoms with Crippen LogP contribution in [0.2, 0.25) is 10.0 Å². The van der Waals surface area contributed by atoms with Gasteiger partial charge < -0.3 is 9.30 Å². The summed E-state index contributed by atoms with van der Waals surface area (Å²) in [6.07, 6.45) is 0. The van der Waals surface area contributed by atoms with E-state index in [1.807, 2.05) is 48.0 Å². The summed E-state index contributed by atoms with van der Waals surface area (Å²) in [4.78, 5) is 0. The van der Waals surface area contributed by atoms with Crippen molar-refractivity contribution in [3.63, 3.8) is 0 Å². The van der Waals surface area contributed by atoms with Gasteiger partial charge in [0.2, 0.25) is 0 Å². The third-order valence-corrected chi connectivity index (χ3v) is 4.23. The average molecular weight is 334 g/mol. The summed E-state index contributed by atoms with van der Waals surface area (Å²) in [6.45, 7) is 0. The van der Waals surface area contributed by atoms with Crippen molar-refractivity contribution in [1.29, 1.82) is 0 Å². The van der Waals surface area contributed by atoms with Crippen molar-refractivity contribution >= 4 is 23.2 Å². The molecule has 2 aromatic carbocycles. The Labute approximate surface area is 138 Å². The topological polar surface area (TPSA) is 39.9 Å². The van der Waals surface area contributed by atoms with Gasteiger partial charge >= 0.3 is 0 Å². The Hall–Kier alpha value is -2.04. The van der Waals surface area contributed by atoms with Crippen LogP contribution in [-0.4, -0.2) is 21.9 Å². The fourth-order valence-corrected chi connectivity index (χ4v) is 2.69. The second-order valence-electron chi connectivity index (χ2n) is 4.71. The van der Waals surface area contributed by atoms with Crippen LogP contribution >= 0.6 is 23.2 Å². The van der Waals surface area contributed by atoms with Gasteiger partial charge in [-0.1, -0.05) is 41.4 Å². The number of nitrogens with zero attached hydrogens (tertiary/aromatic N) is 3. The molecule has 6 heteroatoms. The molecule has 4 nitrogen and oxygen atoms in total. The lowest BCUT2D eigenvalue weighted by molar-refractivity contribution is 0.416. The molecule has 0 aliphatic rings. The molecule has 3 rings (SSSR count). The monoisotopic (exact) mass is 333 g/mol. The number of rotatable bonds is 3. The van der Waals surface area contributed by atoms with E-state index in [2.05, 4.69) is 10.2 Å². The first kappa shape index (κ1) is 14.9. The Morgan fingerprint density at radius 3 is 2.27 bits per heavy atom. The third kappa shape index (κ3) is 2.45. The quantitative estimate of drug-likeness (QED) is 0.710. The Balaban J connectivity index is 2.15. The first-order valence-electron chi connectivity index (χ1n) is 6.60. The van der Waals surface area contributed by atoms with Gasteiger partial charge in [-0.25, -0.2) is 0 Å². The van der Waals surface area contributed by atoms with Gasteiger partial charge in [0, 0.05) is 12.6 Å². The molecular formula is C16H13Cl2N3O. The highest BCUT2D eigenvalue weighted by molar-refractivity contribution is 6.43. The molecule has 0 fully saturated rings. The standard InChI is InChI=1S/C16H13Cl2N3O/c1-21-15(10-6-3-4-9-13(10)22-2)19-20-16(21)11-7-5-8-12(17)14(11)18/h3-9H,1-2H3. The highest BCUT2D eigenvalue weighted by atomic mass is 35.5. The van der Waals surface area contributed by atoms with Crippen LogP contribution in [0, 0.1) is 0 Å². The van der Waals surface area contributed by atoms with Gasteiger partial charge in [0.25, 0.3) is 0 Å². The maximum absolute atomic E-state index is 6.28. The normalized spacial score (nSPS) is 10.7. The van der Waals surface area contributed by atoms with Crippen molar-refractivity contribution in [2.45, 2.75) is 0 Å². The lowest BCUT2D eigenvalue weighted by Gasteiger charge is -2.09. The molecule has 112 valence electrons. The molecule has 0 aliphatic heterocycles. The number of aromatic nitrogens is 3. The molecule has 0 saturated heterocycles. The van der Waals surface area contributed by atoms with Gasteiger partial charge in [0.15, 0.2) is 11.6 Å². The summed E-state index contributed by atoms with van der Waals surface area (Å²) in [5.74, 6) is 2.08. The number of ether oxygens (including phenoxy) is 1. The van der Waals surface area contributed by atoms with Crippen LogP contribution in [0.1, 0.15) is 0 Å². The molecule has 0 amide bonds. The van der Waals surface area contributed by atoms with Crippen molar-refractivity contribution in [3.8, 4) is 28.5 Å². The molecule has 22 heavy (non-hydrogen) atoms. The van der Waals surface area contributed by atoms with Crippen molar-refractivity contribution in [2.24, 2.45) is 7.05 Å². The predicted molar refractivity (Wildman–Crippen MR) is 88.4 cm³/mol. The molecule has 0 atom stereocenters. The number of para-hydroxylation sites is 1. The maximum Gasteiger partial charge on any atom is 0.167 e. The van der Waals surface area contributed by atoms with E-state index < -0.39 is 0 Å². The molecule has 0 bridgehead atoms. The largest absolute Gasteiger partial charge is 0.496 e. The second kappa shape index (κ2) is 5.99. The van der Waals surface area contributed by atoms with Gasteiger partial charge in [-0.05, 0) is 24.3 Å². The Morgan fingerprint density at radius 2 is 1.55 bits per heavy atom. The van der Waals surface area contributed by atoms with Crippen molar-refractivity contribution in [3.05, 3.63) is 52.5 Å². The molecule has 0 aliphatic carbocycles. The maximum atomic E-state index is 6.28. The van der Waals surface area contributed by atoms with Crippen molar-refractivity contribution < 1.29 is 4.74 Å². The van der Waals surface area contributed by atoms with Crippen LogP contribution in [-0.2, 0) is 7.05 Å². The molecule has 0 saturated carbocycles. The van der Waals surface area contributed by atoms with Gasteiger partial charge in [-0.2, -0.15) is 0 Å². The second-order valence-corrected chi connectivity index (χ2v) is 5.49. The summed E-state index contributed by atoms with van der Waals surface area (Å²) in [5.41, 5.74) is 1.61. The summed E-state index contributed by atoms with van der Waals surface area (Å²) >= 11 is 12.4.